The van der Waals surface area contributed by atoms with E-state index in [-0.39, 0.29) is 6.61 Å². The minimum atomic E-state index is -0.459. The maximum Gasteiger partial charge on any atom is 0.340 e. The molecule has 0 spiro atoms. The Morgan fingerprint density at radius 2 is 1.85 bits per heavy atom. The van der Waals surface area contributed by atoms with Gasteiger partial charge in [0.25, 0.3) is 0 Å². The fourth-order valence-electron chi connectivity index (χ4n) is 3.06. The highest BCUT2D eigenvalue weighted by molar-refractivity contribution is 6.04. The molecular weight excluding hydrogens is 330 g/mol. The van der Waals surface area contributed by atoms with Gasteiger partial charge in [-0.2, -0.15) is 0 Å². The Hall–Kier alpha value is -3.34. The van der Waals surface area contributed by atoms with Crippen molar-refractivity contribution in [3.63, 3.8) is 0 Å². The van der Waals surface area contributed by atoms with Gasteiger partial charge in [0.2, 0.25) is 0 Å². The molecule has 2 aromatic heterocycles. The summed E-state index contributed by atoms with van der Waals surface area (Å²) >= 11 is 0. The van der Waals surface area contributed by atoms with Crippen molar-refractivity contribution in [1.29, 1.82) is 0 Å². The summed E-state index contributed by atoms with van der Waals surface area (Å²) in [6.45, 7) is 3.95. The van der Waals surface area contributed by atoms with E-state index < -0.39 is 11.6 Å². The molecule has 0 radical (unpaired) electrons. The molecular formula is C21H17NO4. The molecule has 0 saturated carbocycles. The van der Waals surface area contributed by atoms with E-state index in [4.69, 9.17) is 9.15 Å². The third-order valence-electron chi connectivity index (χ3n) is 4.61. The Balaban J connectivity index is 1.66. The summed E-state index contributed by atoms with van der Waals surface area (Å²) in [6, 6.07) is 12.7. The molecule has 5 heteroatoms. The van der Waals surface area contributed by atoms with E-state index >= 15 is 0 Å². The fraction of sp³-hybridized carbons (Fsp3) is 0.143. The van der Waals surface area contributed by atoms with Crippen molar-refractivity contribution in [2.24, 2.45) is 0 Å². The first-order chi connectivity index (χ1) is 12.5. The van der Waals surface area contributed by atoms with Crippen LogP contribution < -0.4 is 5.63 Å². The number of rotatable bonds is 3. The third-order valence-corrected chi connectivity index (χ3v) is 4.61. The van der Waals surface area contributed by atoms with Gasteiger partial charge in [-0.25, -0.2) is 9.59 Å². The summed E-state index contributed by atoms with van der Waals surface area (Å²) in [5, 5.41) is 1.58. The Labute approximate surface area is 149 Å². The van der Waals surface area contributed by atoms with Crippen LogP contribution in [0.15, 0.2) is 57.9 Å². The molecule has 2 aromatic carbocycles. The highest BCUT2D eigenvalue weighted by atomic mass is 16.5. The zero-order valence-electron chi connectivity index (χ0n) is 14.5. The van der Waals surface area contributed by atoms with E-state index in [1.807, 2.05) is 50.2 Å². The Kier molecular flexibility index (Phi) is 3.84. The monoisotopic (exact) mass is 347 g/mol. The van der Waals surface area contributed by atoms with Gasteiger partial charge in [-0.05, 0) is 43.2 Å². The minimum absolute atomic E-state index is 0.00292. The first kappa shape index (κ1) is 16.1. The maximum atomic E-state index is 12.5. The lowest BCUT2D eigenvalue weighted by Gasteiger charge is -2.09. The topological polar surface area (TPSA) is 72.3 Å². The Bertz CT molecular complexity index is 1200. The molecule has 2 heterocycles. The van der Waals surface area contributed by atoms with E-state index in [0.29, 0.717) is 16.7 Å². The summed E-state index contributed by atoms with van der Waals surface area (Å²) in [6.07, 6.45) is 1.64. The van der Waals surface area contributed by atoms with Crippen molar-refractivity contribution >= 4 is 27.8 Å². The number of para-hydroxylation sites is 1. The van der Waals surface area contributed by atoms with Crippen molar-refractivity contribution < 1.29 is 13.9 Å². The van der Waals surface area contributed by atoms with E-state index in [2.05, 4.69) is 4.98 Å². The molecule has 1 N–H and O–H groups in total. The van der Waals surface area contributed by atoms with Crippen molar-refractivity contribution in [2.45, 2.75) is 20.5 Å². The van der Waals surface area contributed by atoms with Gasteiger partial charge >= 0.3 is 11.6 Å². The van der Waals surface area contributed by atoms with Gasteiger partial charge in [0, 0.05) is 34.1 Å². The second-order valence-corrected chi connectivity index (χ2v) is 6.35. The summed E-state index contributed by atoms with van der Waals surface area (Å²) < 4.78 is 10.7. The van der Waals surface area contributed by atoms with Crippen LogP contribution in [0.5, 0.6) is 0 Å². The van der Waals surface area contributed by atoms with E-state index in [9.17, 15) is 9.59 Å². The molecule has 0 aliphatic heterocycles. The molecule has 26 heavy (non-hydrogen) atoms. The van der Waals surface area contributed by atoms with Crippen LogP contribution in [-0.4, -0.2) is 11.0 Å². The molecule has 0 aliphatic rings. The number of carbonyl (C=O) groups is 1. The first-order valence-corrected chi connectivity index (χ1v) is 8.30. The van der Waals surface area contributed by atoms with Gasteiger partial charge in [-0.15, -0.1) is 0 Å². The van der Waals surface area contributed by atoms with Crippen molar-refractivity contribution in [3.8, 4) is 0 Å². The molecule has 0 atom stereocenters. The number of aromatic nitrogens is 1. The van der Waals surface area contributed by atoms with Crippen LogP contribution in [0.3, 0.4) is 0 Å². The molecule has 0 saturated heterocycles. The second-order valence-electron chi connectivity index (χ2n) is 6.35. The van der Waals surface area contributed by atoms with Gasteiger partial charge in [0.05, 0.1) is 5.56 Å². The van der Waals surface area contributed by atoms with Crippen LogP contribution in [0, 0.1) is 13.8 Å². The standard InChI is InChI=1S/C21H17NO4/c1-12-7-16-14(9-20(23)26-19(16)8-13(12)2)11-25-21(24)17-10-22-18-6-4-3-5-15(17)18/h3-10,22H,11H2,1-2H3. The highest BCUT2D eigenvalue weighted by Gasteiger charge is 2.15. The maximum absolute atomic E-state index is 12.5. The number of ether oxygens (including phenoxy) is 1. The fourth-order valence-corrected chi connectivity index (χ4v) is 3.06. The zero-order valence-corrected chi connectivity index (χ0v) is 14.5. The lowest BCUT2D eigenvalue weighted by molar-refractivity contribution is 0.0476. The zero-order chi connectivity index (χ0) is 18.3. The Morgan fingerprint density at radius 3 is 2.69 bits per heavy atom. The van der Waals surface area contributed by atoms with Gasteiger partial charge < -0.3 is 14.1 Å². The van der Waals surface area contributed by atoms with E-state index in [0.717, 1.165) is 27.4 Å². The normalized spacial score (nSPS) is 11.2. The smallest absolute Gasteiger partial charge is 0.340 e. The van der Waals surface area contributed by atoms with Crippen LogP contribution in [-0.2, 0) is 11.3 Å². The van der Waals surface area contributed by atoms with Crippen LogP contribution in [0.25, 0.3) is 21.9 Å². The third kappa shape index (κ3) is 2.77. The van der Waals surface area contributed by atoms with Crippen LogP contribution in [0.2, 0.25) is 0 Å². The average Bonchev–Trinajstić information content (AvgIpc) is 3.05. The molecule has 0 amide bonds. The molecule has 0 aliphatic carbocycles. The van der Waals surface area contributed by atoms with Crippen LogP contribution >= 0.6 is 0 Å². The number of aryl methyl sites for hydroxylation is 2. The molecule has 0 bridgehead atoms. The van der Waals surface area contributed by atoms with Crippen LogP contribution in [0.1, 0.15) is 27.0 Å². The second kappa shape index (κ2) is 6.19. The predicted octanol–water partition coefficient (Wildman–Crippen LogP) is 4.25. The Morgan fingerprint density at radius 1 is 1.08 bits per heavy atom. The highest BCUT2D eigenvalue weighted by Crippen LogP contribution is 2.23. The van der Waals surface area contributed by atoms with E-state index in [1.54, 1.807) is 6.20 Å². The molecule has 5 nitrogen and oxygen atoms in total. The van der Waals surface area contributed by atoms with Gasteiger partial charge in [-0.3, -0.25) is 0 Å². The predicted molar refractivity (Wildman–Crippen MR) is 99.4 cm³/mol. The number of esters is 1. The van der Waals surface area contributed by atoms with E-state index in [1.165, 1.54) is 6.07 Å². The largest absolute Gasteiger partial charge is 0.457 e. The summed E-state index contributed by atoms with van der Waals surface area (Å²) in [5.74, 6) is -0.437. The number of benzene rings is 2. The number of hydrogen-bond donors (Lipinski definition) is 1. The quantitative estimate of drug-likeness (QED) is 0.444. The minimum Gasteiger partial charge on any atom is -0.457 e. The average molecular weight is 347 g/mol. The summed E-state index contributed by atoms with van der Waals surface area (Å²) in [7, 11) is 0. The molecule has 0 unspecified atom stereocenters. The number of H-pyrrole nitrogens is 1. The van der Waals surface area contributed by atoms with Gasteiger partial charge in [-0.1, -0.05) is 18.2 Å². The number of nitrogens with one attached hydrogen (secondary N) is 1. The number of carbonyl (C=O) groups excluding carboxylic acids is 1. The number of hydrogen-bond acceptors (Lipinski definition) is 4. The molecule has 130 valence electrons. The molecule has 0 fully saturated rings. The number of aromatic amines is 1. The van der Waals surface area contributed by atoms with Crippen molar-refractivity contribution in [1.82, 2.24) is 4.98 Å². The van der Waals surface area contributed by atoms with Gasteiger partial charge in [0.1, 0.15) is 12.2 Å². The lowest BCUT2D eigenvalue weighted by Crippen LogP contribution is -2.08. The molecule has 4 rings (SSSR count). The molecule has 4 aromatic rings. The SMILES string of the molecule is Cc1cc2oc(=O)cc(COC(=O)c3c[nH]c4ccccc34)c2cc1C. The summed E-state index contributed by atoms with van der Waals surface area (Å²) in [5.41, 5.74) is 4.13. The van der Waals surface area contributed by atoms with Gasteiger partial charge in [0.15, 0.2) is 0 Å². The lowest BCUT2D eigenvalue weighted by atomic mass is 10.0. The first-order valence-electron chi connectivity index (χ1n) is 8.30. The van der Waals surface area contributed by atoms with Crippen LogP contribution in [0.4, 0.5) is 0 Å². The van der Waals surface area contributed by atoms with Crippen molar-refractivity contribution in [3.05, 3.63) is 81.3 Å². The summed E-state index contributed by atoms with van der Waals surface area (Å²) in [4.78, 5) is 27.4. The van der Waals surface area contributed by atoms with Crippen molar-refractivity contribution in [2.75, 3.05) is 0 Å². The number of fused-ring (bicyclic) bond motifs is 2.